The van der Waals surface area contributed by atoms with Crippen molar-refractivity contribution in [3.05, 3.63) is 84.0 Å². The van der Waals surface area contributed by atoms with Gasteiger partial charge in [0.25, 0.3) is 5.91 Å². The summed E-state index contributed by atoms with van der Waals surface area (Å²) >= 11 is 0. The average Bonchev–Trinajstić information content (AvgIpc) is 2.54. The van der Waals surface area contributed by atoms with Crippen molar-refractivity contribution in [1.29, 1.82) is 0 Å². The van der Waals surface area contributed by atoms with Gasteiger partial charge in [0.2, 0.25) is 0 Å². The fourth-order valence-corrected chi connectivity index (χ4v) is 1.79. The molecule has 0 aliphatic carbocycles. The van der Waals surface area contributed by atoms with Crippen LogP contribution in [0.4, 0.5) is 5.69 Å². The lowest BCUT2D eigenvalue weighted by atomic mass is 10.1. The van der Waals surface area contributed by atoms with Crippen molar-refractivity contribution >= 4 is 23.5 Å². The van der Waals surface area contributed by atoms with E-state index in [1.807, 2.05) is 30.3 Å². The Morgan fingerprint density at radius 2 is 1.64 bits per heavy atom. The summed E-state index contributed by atoms with van der Waals surface area (Å²) in [6, 6.07) is 16.4. The molecule has 3 nitrogen and oxygen atoms in total. The van der Waals surface area contributed by atoms with Crippen LogP contribution in [-0.4, -0.2) is 11.7 Å². The highest BCUT2D eigenvalue weighted by Crippen LogP contribution is 2.12. The number of allylic oxidation sites excluding steroid dienone is 1. The molecule has 0 aromatic heterocycles. The van der Waals surface area contributed by atoms with Gasteiger partial charge in [0.05, 0.1) is 0 Å². The Kier molecular flexibility index (Phi) is 5.04. The van der Waals surface area contributed by atoms with Crippen molar-refractivity contribution < 1.29 is 9.59 Å². The molecule has 0 aliphatic heterocycles. The van der Waals surface area contributed by atoms with Gasteiger partial charge in [-0.05, 0) is 42.8 Å². The summed E-state index contributed by atoms with van der Waals surface area (Å²) in [4.78, 5) is 23.6. The van der Waals surface area contributed by atoms with Crippen molar-refractivity contribution in [3.8, 4) is 0 Å². The molecule has 1 amide bonds. The van der Waals surface area contributed by atoms with Crippen molar-refractivity contribution in [2.24, 2.45) is 0 Å². The molecule has 2 rings (SSSR count). The largest absolute Gasteiger partial charge is 0.322 e. The van der Waals surface area contributed by atoms with Crippen molar-refractivity contribution in [3.63, 3.8) is 0 Å². The van der Waals surface area contributed by atoms with Gasteiger partial charge in [-0.3, -0.25) is 9.59 Å². The third-order valence-electron chi connectivity index (χ3n) is 3.04. The Balaban J connectivity index is 2.04. The van der Waals surface area contributed by atoms with Gasteiger partial charge < -0.3 is 5.32 Å². The van der Waals surface area contributed by atoms with E-state index < -0.39 is 0 Å². The topological polar surface area (TPSA) is 46.2 Å². The van der Waals surface area contributed by atoms with Crippen LogP contribution in [0.15, 0.2) is 72.8 Å². The maximum absolute atomic E-state index is 12.1. The third-order valence-corrected chi connectivity index (χ3v) is 3.04. The zero-order valence-electron chi connectivity index (χ0n) is 12.4. The number of rotatable bonds is 5. The van der Waals surface area contributed by atoms with Crippen molar-refractivity contribution in [1.82, 2.24) is 0 Å². The molecule has 0 spiro atoms. The molecule has 0 saturated heterocycles. The number of ketones is 1. The first-order valence-electron chi connectivity index (χ1n) is 6.90. The molecule has 2 aromatic rings. The van der Waals surface area contributed by atoms with Gasteiger partial charge in [-0.1, -0.05) is 43.0 Å². The van der Waals surface area contributed by atoms with Gasteiger partial charge in [0.1, 0.15) is 0 Å². The summed E-state index contributed by atoms with van der Waals surface area (Å²) in [7, 11) is 0. The summed E-state index contributed by atoms with van der Waals surface area (Å²) < 4.78 is 0. The van der Waals surface area contributed by atoms with Crippen LogP contribution < -0.4 is 5.32 Å². The van der Waals surface area contributed by atoms with Crippen LogP contribution in [0.5, 0.6) is 0 Å². The van der Waals surface area contributed by atoms with Gasteiger partial charge in [-0.2, -0.15) is 0 Å². The van der Waals surface area contributed by atoms with Crippen LogP contribution in [-0.2, 0) is 4.79 Å². The minimum Gasteiger partial charge on any atom is -0.322 e. The van der Waals surface area contributed by atoms with E-state index in [1.54, 1.807) is 37.3 Å². The molecular weight excluding hydrogens is 274 g/mol. The van der Waals surface area contributed by atoms with Gasteiger partial charge in [-0.15, -0.1) is 0 Å². The molecule has 3 heteroatoms. The Labute approximate surface area is 130 Å². The average molecular weight is 291 g/mol. The fraction of sp³-hybridized carbons (Fsp3) is 0.0526. The van der Waals surface area contributed by atoms with E-state index in [2.05, 4.69) is 11.9 Å². The number of carbonyl (C=O) groups excluding carboxylic acids is 2. The van der Waals surface area contributed by atoms with E-state index in [4.69, 9.17) is 0 Å². The van der Waals surface area contributed by atoms with E-state index in [1.165, 1.54) is 6.08 Å². The lowest BCUT2D eigenvalue weighted by Crippen LogP contribution is -2.11. The van der Waals surface area contributed by atoms with E-state index >= 15 is 0 Å². The Bertz CT molecular complexity index is 713. The summed E-state index contributed by atoms with van der Waals surface area (Å²) in [5, 5.41) is 2.70. The SMILES string of the molecule is C=C(C)C(=O)Nc1ccc(C(=O)/C=C/c2ccccc2)cc1. The second-order valence-electron chi connectivity index (χ2n) is 4.92. The first-order chi connectivity index (χ1) is 10.6. The molecule has 0 atom stereocenters. The van der Waals surface area contributed by atoms with Gasteiger partial charge in [0, 0.05) is 16.8 Å². The predicted octanol–water partition coefficient (Wildman–Crippen LogP) is 4.10. The Hall–Kier alpha value is -2.94. The second kappa shape index (κ2) is 7.18. The lowest BCUT2D eigenvalue weighted by Gasteiger charge is -2.05. The van der Waals surface area contributed by atoms with E-state index in [-0.39, 0.29) is 11.7 Å². The Morgan fingerprint density at radius 1 is 1.00 bits per heavy atom. The van der Waals surface area contributed by atoms with Crippen LogP contribution in [0.1, 0.15) is 22.8 Å². The molecule has 110 valence electrons. The molecular formula is C19H17NO2. The monoisotopic (exact) mass is 291 g/mol. The summed E-state index contributed by atoms with van der Waals surface area (Å²) in [5.74, 6) is -0.315. The minimum atomic E-state index is -0.233. The molecule has 0 fully saturated rings. The normalized spacial score (nSPS) is 10.4. The number of nitrogens with one attached hydrogen (secondary N) is 1. The number of anilines is 1. The molecule has 2 aromatic carbocycles. The van der Waals surface area contributed by atoms with Gasteiger partial charge in [0.15, 0.2) is 5.78 Å². The molecule has 0 heterocycles. The van der Waals surface area contributed by atoms with Gasteiger partial charge in [-0.25, -0.2) is 0 Å². The third kappa shape index (κ3) is 4.28. The Morgan fingerprint density at radius 3 is 2.23 bits per heavy atom. The van der Waals surface area contributed by atoms with E-state index in [9.17, 15) is 9.59 Å². The van der Waals surface area contributed by atoms with E-state index in [0.717, 1.165) is 5.56 Å². The maximum atomic E-state index is 12.1. The molecule has 0 aliphatic rings. The van der Waals surface area contributed by atoms with Crippen molar-refractivity contribution in [2.45, 2.75) is 6.92 Å². The summed E-state index contributed by atoms with van der Waals surface area (Å²) in [6.45, 7) is 5.22. The number of carbonyl (C=O) groups is 2. The van der Waals surface area contributed by atoms with Crippen molar-refractivity contribution in [2.75, 3.05) is 5.32 Å². The zero-order valence-corrected chi connectivity index (χ0v) is 12.4. The van der Waals surface area contributed by atoms with E-state index in [0.29, 0.717) is 16.8 Å². The number of hydrogen-bond acceptors (Lipinski definition) is 2. The summed E-state index contributed by atoms with van der Waals surface area (Å²) in [6.07, 6.45) is 3.32. The van der Waals surface area contributed by atoms with Crippen LogP contribution in [0.25, 0.3) is 6.08 Å². The highest BCUT2D eigenvalue weighted by molar-refractivity contribution is 6.07. The second-order valence-corrected chi connectivity index (χ2v) is 4.92. The smallest absolute Gasteiger partial charge is 0.250 e. The van der Waals surface area contributed by atoms with Crippen LogP contribution in [0.2, 0.25) is 0 Å². The zero-order chi connectivity index (χ0) is 15.9. The quantitative estimate of drug-likeness (QED) is 0.666. The first kappa shape index (κ1) is 15.4. The summed E-state index contributed by atoms with van der Waals surface area (Å²) in [5.41, 5.74) is 2.62. The van der Waals surface area contributed by atoms with Gasteiger partial charge >= 0.3 is 0 Å². The highest BCUT2D eigenvalue weighted by Gasteiger charge is 2.04. The van der Waals surface area contributed by atoms with Crippen LogP contribution in [0.3, 0.4) is 0 Å². The molecule has 0 radical (unpaired) electrons. The number of hydrogen-bond donors (Lipinski definition) is 1. The molecule has 22 heavy (non-hydrogen) atoms. The molecule has 0 unspecified atom stereocenters. The van der Waals surface area contributed by atoms with Crippen LogP contribution >= 0.6 is 0 Å². The molecule has 1 N–H and O–H groups in total. The lowest BCUT2D eigenvalue weighted by molar-refractivity contribution is -0.112. The minimum absolute atomic E-state index is 0.0818. The number of amides is 1. The number of benzene rings is 2. The first-order valence-corrected chi connectivity index (χ1v) is 6.90. The molecule has 0 saturated carbocycles. The maximum Gasteiger partial charge on any atom is 0.250 e. The predicted molar refractivity (Wildman–Crippen MR) is 89.7 cm³/mol. The standard InChI is InChI=1S/C19H17NO2/c1-14(2)19(22)20-17-11-9-16(10-12-17)18(21)13-8-15-6-4-3-5-7-15/h3-13H,1H2,2H3,(H,20,22)/b13-8+. The highest BCUT2D eigenvalue weighted by atomic mass is 16.1. The molecule has 0 bridgehead atoms. The van der Waals surface area contributed by atoms with Crippen LogP contribution in [0, 0.1) is 0 Å². The fourth-order valence-electron chi connectivity index (χ4n) is 1.79.